The molecule has 1 N–H and O–H groups in total. The Hall–Kier alpha value is -3.01. The number of benzene rings is 2. The van der Waals surface area contributed by atoms with Gasteiger partial charge in [0.15, 0.2) is 0 Å². The van der Waals surface area contributed by atoms with Crippen LogP contribution in [0.2, 0.25) is 0 Å². The summed E-state index contributed by atoms with van der Waals surface area (Å²) in [4.78, 5) is 12.4. The molecule has 33 heavy (non-hydrogen) atoms. The number of hydrogen-bond acceptors (Lipinski definition) is 3. The molecule has 1 heterocycles. The molecule has 0 aliphatic heterocycles. The lowest BCUT2D eigenvalue weighted by molar-refractivity contribution is -0.261. The van der Waals surface area contributed by atoms with Crippen molar-refractivity contribution in [3.05, 3.63) is 70.6 Å². The van der Waals surface area contributed by atoms with E-state index in [1.165, 1.54) is 31.2 Å². The fourth-order valence-corrected chi connectivity index (χ4v) is 5.04. The molecule has 0 fully saturated rings. The van der Waals surface area contributed by atoms with E-state index >= 15 is 8.78 Å². The molecule has 0 bridgehead atoms. The first-order valence-electron chi connectivity index (χ1n) is 9.79. The average Bonchev–Trinajstić information content (AvgIpc) is 3.11. The van der Waals surface area contributed by atoms with E-state index in [1.807, 2.05) is 0 Å². The maximum Gasteiger partial charge on any atom is 0.412 e. The van der Waals surface area contributed by atoms with Crippen molar-refractivity contribution in [1.82, 2.24) is 0 Å². The summed E-state index contributed by atoms with van der Waals surface area (Å²) in [6, 6.07) is 13.9. The number of carbonyl (C=O) groups excluding carboxylic acids is 1. The molecule has 4 rings (SSSR count). The standard InChI is InChI=1S/C23H17F6NO2S/c1-12(32-20(31)30-14-8-4-3-5-9-14)18-19(22(26,27)23(28,29)21(18,24)25)17-13(2)33-16-11-7-6-10-15(16)17/h3-12H,1-2H3,(H,30,31)/t12-/m0/s1. The van der Waals surface area contributed by atoms with Crippen LogP contribution in [0, 0.1) is 6.92 Å². The monoisotopic (exact) mass is 485 g/mol. The smallest absolute Gasteiger partial charge is 0.412 e. The zero-order chi connectivity index (χ0) is 24.2. The third kappa shape index (κ3) is 3.47. The number of amides is 1. The molecule has 10 heteroatoms. The molecule has 0 radical (unpaired) electrons. The van der Waals surface area contributed by atoms with Gasteiger partial charge in [0.25, 0.3) is 0 Å². The summed E-state index contributed by atoms with van der Waals surface area (Å²) in [6.45, 7) is 2.26. The normalized spacial score (nSPS) is 19.5. The van der Waals surface area contributed by atoms with Gasteiger partial charge in [-0.2, -0.15) is 26.3 Å². The summed E-state index contributed by atoms with van der Waals surface area (Å²) in [5.74, 6) is -16.2. The predicted octanol–water partition coefficient (Wildman–Crippen LogP) is 7.52. The number of alkyl halides is 6. The highest BCUT2D eigenvalue weighted by molar-refractivity contribution is 7.19. The molecule has 3 nitrogen and oxygen atoms in total. The van der Waals surface area contributed by atoms with E-state index in [1.54, 1.807) is 30.3 Å². The lowest BCUT2D eigenvalue weighted by atomic mass is 9.94. The lowest BCUT2D eigenvalue weighted by Gasteiger charge is -2.26. The van der Waals surface area contributed by atoms with E-state index < -0.39 is 46.7 Å². The van der Waals surface area contributed by atoms with Gasteiger partial charge in [0, 0.05) is 31.8 Å². The number of allylic oxidation sites excluding steroid dienone is 1. The van der Waals surface area contributed by atoms with Crippen molar-refractivity contribution >= 4 is 38.8 Å². The Morgan fingerprint density at radius 1 is 0.939 bits per heavy atom. The van der Waals surface area contributed by atoms with Gasteiger partial charge >= 0.3 is 23.9 Å². The number of nitrogens with one attached hydrogen (secondary N) is 1. The second kappa shape index (κ2) is 7.79. The van der Waals surface area contributed by atoms with Crippen LogP contribution in [0.1, 0.15) is 17.4 Å². The number of fused-ring (bicyclic) bond motifs is 1. The van der Waals surface area contributed by atoms with E-state index in [0.29, 0.717) is 4.70 Å². The number of carbonyl (C=O) groups is 1. The summed E-state index contributed by atoms with van der Waals surface area (Å²) in [5, 5.41) is 2.39. The van der Waals surface area contributed by atoms with Gasteiger partial charge in [-0.25, -0.2) is 4.79 Å². The molecular weight excluding hydrogens is 468 g/mol. The number of para-hydroxylation sites is 1. The van der Waals surface area contributed by atoms with Gasteiger partial charge in [-0.1, -0.05) is 36.4 Å². The highest BCUT2D eigenvalue weighted by Gasteiger charge is 2.81. The number of thiophene rings is 1. The van der Waals surface area contributed by atoms with E-state index in [4.69, 9.17) is 4.74 Å². The van der Waals surface area contributed by atoms with Crippen LogP contribution >= 0.6 is 11.3 Å². The Morgan fingerprint density at radius 3 is 2.21 bits per heavy atom. The van der Waals surface area contributed by atoms with Crippen molar-refractivity contribution in [3.8, 4) is 0 Å². The Labute approximate surface area is 188 Å². The fraction of sp³-hybridized carbons (Fsp3) is 0.261. The Morgan fingerprint density at radius 2 is 1.55 bits per heavy atom. The number of hydrogen-bond donors (Lipinski definition) is 1. The quantitative estimate of drug-likeness (QED) is 0.388. The van der Waals surface area contributed by atoms with Crippen LogP contribution < -0.4 is 5.32 Å². The van der Waals surface area contributed by atoms with Crippen molar-refractivity contribution < 1.29 is 35.9 Å². The topological polar surface area (TPSA) is 38.3 Å². The molecule has 0 saturated carbocycles. The number of rotatable bonds is 4. The maximum absolute atomic E-state index is 15.0. The first-order chi connectivity index (χ1) is 15.4. The van der Waals surface area contributed by atoms with Crippen LogP contribution in [0.15, 0.2) is 60.2 Å². The molecule has 3 aromatic rings. The van der Waals surface area contributed by atoms with Crippen molar-refractivity contribution in [1.29, 1.82) is 0 Å². The van der Waals surface area contributed by atoms with Crippen LogP contribution in [0.5, 0.6) is 0 Å². The van der Waals surface area contributed by atoms with Crippen LogP contribution in [0.3, 0.4) is 0 Å². The van der Waals surface area contributed by atoms with Crippen molar-refractivity contribution in [2.75, 3.05) is 5.32 Å². The number of anilines is 1. The highest BCUT2D eigenvalue weighted by Crippen LogP contribution is 2.64. The number of aryl methyl sites for hydroxylation is 1. The minimum Gasteiger partial charge on any atom is -0.441 e. The Kier molecular flexibility index (Phi) is 5.47. The van der Waals surface area contributed by atoms with E-state index in [-0.39, 0.29) is 16.0 Å². The molecule has 0 unspecified atom stereocenters. The van der Waals surface area contributed by atoms with Gasteiger partial charge < -0.3 is 4.74 Å². The molecule has 0 spiro atoms. The maximum atomic E-state index is 15.0. The molecule has 1 amide bonds. The third-order valence-corrected chi connectivity index (χ3v) is 6.53. The molecule has 1 aliphatic carbocycles. The summed E-state index contributed by atoms with van der Waals surface area (Å²) in [5.41, 5.74) is -3.27. The van der Waals surface area contributed by atoms with Gasteiger partial charge in [-0.3, -0.25) is 5.32 Å². The Bertz CT molecular complexity index is 1250. The Balaban J connectivity index is 1.85. The van der Waals surface area contributed by atoms with Crippen LogP contribution in [-0.2, 0) is 4.74 Å². The molecular formula is C23H17F6NO2S. The van der Waals surface area contributed by atoms with Gasteiger partial charge in [0.2, 0.25) is 0 Å². The van der Waals surface area contributed by atoms with Crippen molar-refractivity contribution in [2.24, 2.45) is 0 Å². The van der Waals surface area contributed by atoms with Gasteiger partial charge in [-0.15, -0.1) is 11.3 Å². The third-order valence-electron chi connectivity index (χ3n) is 5.44. The van der Waals surface area contributed by atoms with Crippen LogP contribution in [0.25, 0.3) is 15.7 Å². The van der Waals surface area contributed by atoms with Gasteiger partial charge in [0.1, 0.15) is 6.10 Å². The average molecular weight is 485 g/mol. The van der Waals surface area contributed by atoms with E-state index in [0.717, 1.165) is 18.3 Å². The first kappa shape index (κ1) is 23.2. The zero-order valence-corrected chi connectivity index (χ0v) is 18.1. The largest absolute Gasteiger partial charge is 0.441 e. The molecule has 2 aromatic carbocycles. The summed E-state index contributed by atoms with van der Waals surface area (Å²) in [6.07, 6.45) is -3.32. The molecule has 1 atom stereocenters. The molecule has 174 valence electrons. The second-order valence-electron chi connectivity index (χ2n) is 7.58. The van der Waals surface area contributed by atoms with Crippen LogP contribution in [0.4, 0.5) is 36.8 Å². The highest BCUT2D eigenvalue weighted by atomic mass is 32.1. The first-order valence-corrected chi connectivity index (χ1v) is 10.6. The second-order valence-corrected chi connectivity index (χ2v) is 8.84. The number of ether oxygens (including phenoxy) is 1. The molecule has 1 aromatic heterocycles. The van der Waals surface area contributed by atoms with Crippen LogP contribution in [-0.4, -0.2) is 30.0 Å². The summed E-state index contributed by atoms with van der Waals surface area (Å²) < 4.78 is 94.1. The van der Waals surface area contributed by atoms with Gasteiger partial charge in [-0.05, 0) is 32.0 Å². The van der Waals surface area contributed by atoms with Gasteiger partial charge in [0.05, 0.1) is 5.57 Å². The van der Waals surface area contributed by atoms with Crippen molar-refractivity contribution in [3.63, 3.8) is 0 Å². The number of halogens is 6. The summed E-state index contributed by atoms with van der Waals surface area (Å²) >= 11 is 1.02. The molecule has 0 saturated heterocycles. The van der Waals surface area contributed by atoms with E-state index in [2.05, 4.69) is 5.32 Å². The fourth-order valence-electron chi connectivity index (χ4n) is 3.97. The lowest BCUT2D eigenvalue weighted by Crippen LogP contribution is -2.50. The SMILES string of the molecule is Cc1sc2ccccc2c1C1=C([C@H](C)OC(=O)Nc2ccccc2)C(F)(F)C(F)(F)C1(F)F. The zero-order valence-electron chi connectivity index (χ0n) is 17.3. The molecule has 1 aliphatic rings. The summed E-state index contributed by atoms with van der Waals surface area (Å²) in [7, 11) is 0. The van der Waals surface area contributed by atoms with E-state index in [9.17, 15) is 22.4 Å². The van der Waals surface area contributed by atoms with Crippen molar-refractivity contribution in [2.45, 2.75) is 37.7 Å². The predicted molar refractivity (Wildman–Crippen MR) is 114 cm³/mol. The minimum atomic E-state index is -5.71. The minimum absolute atomic E-state index is 0.140.